The fourth-order valence-corrected chi connectivity index (χ4v) is 3.90. The van der Waals surface area contributed by atoms with Crippen molar-refractivity contribution in [3.05, 3.63) is 70.5 Å². The Morgan fingerprint density at radius 3 is 2.56 bits per heavy atom. The SMILES string of the molecule is Cc1ccc(CCC(=O)N2CCC(O)(Cc3cccc(F)c3)CC2)c(C)c1. The van der Waals surface area contributed by atoms with Gasteiger partial charge in [0.1, 0.15) is 5.82 Å². The lowest BCUT2D eigenvalue weighted by Gasteiger charge is -2.38. The number of halogens is 1. The molecule has 1 aliphatic heterocycles. The second kappa shape index (κ2) is 8.22. The third-order valence-electron chi connectivity index (χ3n) is 5.58. The number of nitrogens with zero attached hydrogens (tertiary/aromatic N) is 1. The highest BCUT2D eigenvalue weighted by Gasteiger charge is 2.33. The molecule has 1 amide bonds. The molecule has 0 radical (unpaired) electrons. The lowest BCUT2D eigenvalue weighted by molar-refractivity contribution is -0.135. The van der Waals surface area contributed by atoms with Crippen molar-refractivity contribution in [2.45, 2.75) is 51.6 Å². The molecule has 144 valence electrons. The second-order valence-electron chi connectivity index (χ2n) is 7.84. The minimum Gasteiger partial charge on any atom is -0.389 e. The van der Waals surface area contributed by atoms with Crippen molar-refractivity contribution in [1.29, 1.82) is 0 Å². The van der Waals surface area contributed by atoms with Crippen molar-refractivity contribution in [2.75, 3.05) is 13.1 Å². The van der Waals surface area contributed by atoms with Crippen LogP contribution >= 0.6 is 0 Å². The maximum atomic E-state index is 13.4. The molecule has 0 atom stereocenters. The summed E-state index contributed by atoms with van der Waals surface area (Å²) in [4.78, 5) is 14.4. The number of hydrogen-bond acceptors (Lipinski definition) is 2. The number of rotatable bonds is 5. The van der Waals surface area contributed by atoms with Crippen LogP contribution < -0.4 is 0 Å². The zero-order chi connectivity index (χ0) is 19.4. The number of aryl methyl sites for hydroxylation is 3. The fourth-order valence-electron chi connectivity index (χ4n) is 3.90. The average molecular weight is 369 g/mol. The predicted octanol–water partition coefficient (Wildman–Crippen LogP) is 3.97. The summed E-state index contributed by atoms with van der Waals surface area (Å²) in [7, 11) is 0. The fraction of sp³-hybridized carbons (Fsp3) is 0.435. The first kappa shape index (κ1) is 19.6. The molecule has 0 aromatic heterocycles. The standard InChI is InChI=1S/C23H28FNO2/c1-17-6-7-20(18(2)14-17)8-9-22(26)25-12-10-23(27,11-13-25)16-19-4-3-5-21(24)15-19/h3-7,14-15,27H,8-13,16H2,1-2H3. The molecule has 1 N–H and O–H groups in total. The van der Waals surface area contributed by atoms with Crippen molar-refractivity contribution in [1.82, 2.24) is 4.90 Å². The van der Waals surface area contributed by atoms with E-state index >= 15 is 0 Å². The van der Waals surface area contributed by atoms with Gasteiger partial charge in [-0.15, -0.1) is 0 Å². The number of piperidine rings is 1. The number of carbonyl (C=O) groups excluding carboxylic acids is 1. The summed E-state index contributed by atoms with van der Waals surface area (Å²) >= 11 is 0. The first-order valence-electron chi connectivity index (χ1n) is 9.65. The molecule has 1 aliphatic rings. The average Bonchev–Trinajstić information content (AvgIpc) is 2.61. The minimum absolute atomic E-state index is 0.141. The van der Waals surface area contributed by atoms with Gasteiger partial charge in [0.2, 0.25) is 5.91 Å². The minimum atomic E-state index is -0.863. The summed E-state index contributed by atoms with van der Waals surface area (Å²) in [5.74, 6) is -0.141. The van der Waals surface area contributed by atoms with Gasteiger partial charge in [0.15, 0.2) is 0 Å². The van der Waals surface area contributed by atoms with Gasteiger partial charge in [0, 0.05) is 25.9 Å². The van der Waals surface area contributed by atoms with Crippen molar-refractivity contribution in [3.63, 3.8) is 0 Å². The molecule has 2 aromatic carbocycles. The molecular weight excluding hydrogens is 341 g/mol. The monoisotopic (exact) mass is 369 g/mol. The van der Waals surface area contributed by atoms with E-state index in [4.69, 9.17) is 0 Å². The maximum absolute atomic E-state index is 13.4. The molecule has 0 bridgehead atoms. The Kier molecular flexibility index (Phi) is 5.95. The molecule has 0 spiro atoms. The van der Waals surface area contributed by atoms with E-state index in [0.717, 1.165) is 12.0 Å². The molecule has 0 unspecified atom stereocenters. The zero-order valence-corrected chi connectivity index (χ0v) is 16.2. The van der Waals surface area contributed by atoms with E-state index in [1.165, 1.54) is 28.8 Å². The molecule has 1 saturated heterocycles. The van der Waals surface area contributed by atoms with Crippen LogP contribution in [0, 0.1) is 19.7 Å². The van der Waals surface area contributed by atoms with E-state index < -0.39 is 5.60 Å². The lowest BCUT2D eigenvalue weighted by atomic mass is 9.85. The highest BCUT2D eigenvalue weighted by molar-refractivity contribution is 5.76. The van der Waals surface area contributed by atoms with Crippen molar-refractivity contribution in [2.24, 2.45) is 0 Å². The Labute approximate surface area is 160 Å². The molecule has 1 fully saturated rings. The summed E-state index contributed by atoms with van der Waals surface area (Å²) in [6.45, 7) is 5.26. The van der Waals surface area contributed by atoms with Crippen LogP contribution in [0.25, 0.3) is 0 Å². The van der Waals surface area contributed by atoms with E-state index in [1.807, 2.05) is 11.0 Å². The number of carbonyl (C=O) groups is 1. The highest BCUT2D eigenvalue weighted by atomic mass is 19.1. The van der Waals surface area contributed by atoms with E-state index in [0.29, 0.717) is 38.8 Å². The van der Waals surface area contributed by atoms with Crippen LogP contribution in [0.3, 0.4) is 0 Å². The molecule has 4 heteroatoms. The second-order valence-corrected chi connectivity index (χ2v) is 7.84. The summed E-state index contributed by atoms with van der Waals surface area (Å²) in [6, 6.07) is 12.7. The van der Waals surface area contributed by atoms with Gasteiger partial charge in [-0.05, 0) is 61.9 Å². The summed E-state index contributed by atoms with van der Waals surface area (Å²) in [6.07, 6.45) is 2.72. The van der Waals surface area contributed by atoms with E-state index in [2.05, 4.69) is 32.0 Å². The van der Waals surface area contributed by atoms with E-state index in [-0.39, 0.29) is 11.7 Å². The quantitative estimate of drug-likeness (QED) is 0.866. The Morgan fingerprint density at radius 1 is 1.15 bits per heavy atom. The molecule has 0 saturated carbocycles. The number of hydrogen-bond donors (Lipinski definition) is 1. The van der Waals surface area contributed by atoms with Crippen molar-refractivity contribution < 1.29 is 14.3 Å². The van der Waals surface area contributed by atoms with Crippen LogP contribution in [0.4, 0.5) is 4.39 Å². The smallest absolute Gasteiger partial charge is 0.222 e. The number of amides is 1. The summed E-state index contributed by atoms with van der Waals surface area (Å²) < 4.78 is 13.4. The summed E-state index contributed by atoms with van der Waals surface area (Å²) in [5, 5.41) is 10.8. The van der Waals surface area contributed by atoms with E-state index in [9.17, 15) is 14.3 Å². The molecule has 1 heterocycles. The molecule has 3 rings (SSSR count). The molecular formula is C23H28FNO2. The van der Waals surface area contributed by atoms with Crippen molar-refractivity contribution >= 4 is 5.91 Å². The van der Waals surface area contributed by atoms with E-state index in [1.54, 1.807) is 6.07 Å². The van der Waals surface area contributed by atoms with Gasteiger partial charge in [-0.2, -0.15) is 0 Å². The molecule has 2 aromatic rings. The van der Waals surface area contributed by atoms with Crippen LogP contribution in [0.2, 0.25) is 0 Å². The van der Waals surface area contributed by atoms with Gasteiger partial charge in [-0.1, -0.05) is 35.9 Å². The third-order valence-corrected chi connectivity index (χ3v) is 5.58. The molecule has 27 heavy (non-hydrogen) atoms. The van der Waals surface area contributed by atoms with Gasteiger partial charge in [-0.3, -0.25) is 4.79 Å². The van der Waals surface area contributed by atoms with Crippen LogP contribution in [-0.2, 0) is 17.6 Å². The number of aliphatic hydroxyl groups is 1. The predicted molar refractivity (Wildman–Crippen MR) is 105 cm³/mol. The summed E-state index contributed by atoms with van der Waals surface area (Å²) in [5.41, 5.74) is 3.61. The molecule has 0 aliphatic carbocycles. The largest absolute Gasteiger partial charge is 0.389 e. The van der Waals surface area contributed by atoms with Gasteiger partial charge in [0.25, 0.3) is 0 Å². The van der Waals surface area contributed by atoms with Crippen LogP contribution in [-0.4, -0.2) is 34.6 Å². The molecule has 3 nitrogen and oxygen atoms in total. The van der Waals surface area contributed by atoms with Crippen LogP contribution in [0.15, 0.2) is 42.5 Å². The number of benzene rings is 2. The lowest BCUT2D eigenvalue weighted by Crippen LogP contribution is -2.47. The Morgan fingerprint density at radius 2 is 1.89 bits per heavy atom. The Bertz CT molecular complexity index is 810. The van der Waals surface area contributed by atoms with Gasteiger partial charge >= 0.3 is 0 Å². The first-order valence-corrected chi connectivity index (χ1v) is 9.65. The first-order chi connectivity index (χ1) is 12.8. The van der Waals surface area contributed by atoms with Gasteiger partial charge in [-0.25, -0.2) is 4.39 Å². The Hall–Kier alpha value is -2.20. The Balaban J connectivity index is 1.51. The van der Waals surface area contributed by atoms with Crippen LogP contribution in [0.5, 0.6) is 0 Å². The number of likely N-dealkylation sites (tertiary alicyclic amines) is 1. The third kappa shape index (κ3) is 5.16. The van der Waals surface area contributed by atoms with Gasteiger partial charge in [0.05, 0.1) is 5.60 Å². The normalized spacial score (nSPS) is 16.4. The van der Waals surface area contributed by atoms with Crippen molar-refractivity contribution in [3.8, 4) is 0 Å². The topological polar surface area (TPSA) is 40.5 Å². The maximum Gasteiger partial charge on any atom is 0.222 e. The van der Waals surface area contributed by atoms with Gasteiger partial charge < -0.3 is 10.0 Å². The van der Waals surface area contributed by atoms with Crippen LogP contribution in [0.1, 0.15) is 41.5 Å². The highest BCUT2D eigenvalue weighted by Crippen LogP contribution is 2.27. The zero-order valence-electron chi connectivity index (χ0n) is 16.2.